The van der Waals surface area contributed by atoms with Gasteiger partial charge in [0.1, 0.15) is 0 Å². The predicted molar refractivity (Wildman–Crippen MR) is 194 cm³/mol. The van der Waals surface area contributed by atoms with Gasteiger partial charge in [-0.15, -0.1) is 0 Å². The molecule has 0 heterocycles. The summed E-state index contributed by atoms with van der Waals surface area (Å²) in [7, 11) is -9.98. The first-order valence-electron chi connectivity index (χ1n) is 15.3. The van der Waals surface area contributed by atoms with Crippen LogP contribution in [0, 0.1) is 84.1 Å². The summed E-state index contributed by atoms with van der Waals surface area (Å²) in [5, 5.41) is 48.7. The molecule has 0 unspecified atom stereocenters. The molecule has 0 N–H and O–H groups in total. The molecule has 0 atom stereocenters. The maximum Gasteiger partial charge on any atom is 3.00 e. The van der Waals surface area contributed by atoms with Gasteiger partial charge in [-0.25, -0.2) is 0 Å². The van der Waals surface area contributed by atoms with Gasteiger partial charge in [-0.05, 0) is 74.7 Å². The van der Waals surface area contributed by atoms with Crippen molar-refractivity contribution in [1.82, 2.24) is 0 Å². The monoisotopic (exact) mass is 966 g/mol. The fourth-order valence-corrected chi connectivity index (χ4v) is 10.7. The van der Waals surface area contributed by atoms with Crippen molar-refractivity contribution < 1.29 is 94.3 Å². The predicted octanol–water partition coefficient (Wildman–Crippen LogP) is 8.52. The standard InChI is InChI=1S/C19H21O3P.C9H22O6P2.Dy.3NO3/c1-3-21-23(20,22-4-2)14-19-17-11-7-5-9-15(17)13-16-10-6-8-12-18(16)19;1-5-12-16(10,13-6-2)9-17(11,14-7-3)15-8-4;;3*2-1(3)4/h5-13H,3-4,14H2,1-2H3;5-9H2,1-4H3;;;;/q;;+3;3*-1. The molecule has 0 aliphatic carbocycles. The second kappa shape index (κ2) is 29.8. The quantitative estimate of drug-likeness (QED) is 0.0562. The first-order valence-corrected chi connectivity index (χ1v) is 20.5. The van der Waals surface area contributed by atoms with Crippen molar-refractivity contribution >= 4 is 44.3 Å². The summed E-state index contributed by atoms with van der Waals surface area (Å²) >= 11 is 0. The first-order chi connectivity index (χ1) is 24.3. The average molecular weight is 965 g/mol. The molecule has 0 spiro atoms. The summed E-state index contributed by atoms with van der Waals surface area (Å²) in [4.78, 5) is 24.8. The van der Waals surface area contributed by atoms with Gasteiger partial charge in [0, 0.05) is 0 Å². The van der Waals surface area contributed by atoms with Crippen LogP contribution in [0.5, 0.6) is 0 Å². The van der Waals surface area contributed by atoms with Crippen molar-refractivity contribution in [2.75, 3.05) is 45.5 Å². The van der Waals surface area contributed by atoms with E-state index in [-0.39, 0.29) is 76.7 Å². The number of rotatable bonds is 16. The van der Waals surface area contributed by atoms with Crippen molar-refractivity contribution in [3.8, 4) is 0 Å². The minimum Gasteiger partial charge on any atom is -0.356 e. The maximum absolute atomic E-state index is 13.0. The normalized spacial score (nSPS) is 10.8. The van der Waals surface area contributed by atoms with E-state index in [1.54, 1.807) is 27.7 Å². The maximum atomic E-state index is 13.0. The van der Waals surface area contributed by atoms with E-state index >= 15 is 0 Å². The number of fused-ring (bicyclic) bond motifs is 2. The van der Waals surface area contributed by atoms with Crippen molar-refractivity contribution in [3.63, 3.8) is 0 Å². The van der Waals surface area contributed by atoms with Crippen molar-refractivity contribution in [2.24, 2.45) is 0 Å². The van der Waals surface area contributed by atoms with E-state index in [1.165, 1.54) is 0 Å². The summed E-state index contributed by atoms with van der Waals surface area (Å²) in [5.41, 5.74) is 1.03. The second-order valence-corrected chi connectivity index (χ2v) is 15.8. The number of nitrogens with zero attached hydrogens (tertiary/aromatic N) is 3. The molecule has 53 heavy (non-hydrogen) atoms. The van der Waals surface area contributed by atoms with Gasteiger partial charge in [-0.3, -0.25) is 13.7 Å². The summed E-state index contributed by atoms with van der Waals surface area (Å²) in [6.07, 6.45) is 0.288. The molecule has 303 valence electrons. The van der Waals surface area contributed by atoms with E-state index in [1.807, 2.05) is 38.1 Å². The largest absolute Gasteiger partial charge is 3.00 e. The first kappa shape index (κ1) is 54.8. The Hall–Kier alpha value is -2.50. The molecule has 21 nitrogen and oxygen atoms in total. The molecule has 0 amide bonds. The third-order valence-corrected chi connectivity index (χ3v) is 12.9. The zero-order valence-corrected chi connectivity index (χ0v) is 34.4. The van der Waals surface area contributed by atoms with Crippen molar-refractivity contribution in [2.45, 2.75) is 47.7 Å². The van der Waals surface area contributed by atoms with E-state index in [2.05, 4.69) is 30.3 Å². The van der Waals surface area contributed by atoms with Gasteiger partial charge in [0.25, 0.3) is 0 Å². The number of hydrogen-bond donors (Lipinski definition) is 0. The Morgan fingerprint density at radius 3 is 1.00 bits per heavy atom. The van der Waals surface area contributed by atoms with Gasteiger partial charge < -0.3 is 73.1 Å². The van der Waals surface area contributed by atoms with Gasteiger partial charge in [-0.1, -0.05) is 48.5 Å². The molecule has 0 aromatic heterocycles. The van der Waals surface area contributed by atoms with Crippen LogP contribution in [-0.2, 0) is 47.0 Å². The van der Waals surface area contributed by atoms with Crippen LogP contribution in [0.4, 0.5) is 0 Å². The Kier molecular flexibility index (Phi) is 30.8. The topological polar surface area (TPSA) is 305 Å². The molecule has 0 bridgehead atoms. The van der Waals surface area contributed by atoms with Crippen molar-refractivity contribution in [3.05, 3.63) is 106 Å². The van der Waals surface area contributed by atoms with Crippen LogP contribution >= 0.6 is 22.8 Å². The van der Waals surface area contributed by atoms with E-state index in [0.717, 1.165) is 27.1 Å². The Labute approximate surface area is 336 Å². The summed E-state index contributed by atoms with van der Waals surface area (Å²) in [5.74, 6) is -0.344. The minimum absolute atomic E-state index is 0. The van der Waals surface area contributed by atoms with E-state index < -0.39 is 38.0 Å². The molecule has 1 radical (unpaired) electrons. The van der Waals surface area contributed by atoms with Gasteiger partial charge in [-0.2, -0.15) is 0 Å². The Morgan fingerprint density at radius 1 is 0.491 bits per heavy atom. The zero-order valence-electron chi connectivity index (χ0n) is 29.7. The van der Waals surface area contributed by atoms with Crippen LogP contribution in [0.15, 0.2) is 54.6 Å². The fraction of sp³-hybridized carbons (Fsp3) is 0.500. The van der Waals surface area contributed by atoms with Gasteiger partial charge in [0.15, 0.2) is 5.90 Å². The minimum atomic E-state index is -3.41. The summed E-state index contributed by atoms with van der Waals surface area (Å²) < 4.78 is 68.7. The number of benzene rings is 3. The SMILES string of the molecule is CCOP(=O)(CP(=O)(OCC)OCC)OCC.CCOP(=O)(Cc1c2ccccc2cc2ccccc12)OCC.O=[N+]([O-])[O-].O=[N+]([O-])[O-].O=[N+]([O-])[O-].[Dy+3]. The molecule has 0 saturated heterocycles. The Balaban J connectivity index is -0.000000731. The molecule has 25 heteroatoms. The van der Waals surface area contributed by atoms with Gasteiger partial charge in [0.05, 0.1) is 61.1 Å². The molecule has 3 aromatic rings. The summed E-state index contributed by atoms with van der Waals surface area (Å²) in [6, 6.07) is 18.5. The van der Waals surface area contributed by atoms with Crippen LogP contribution in [0.3, 0.4) is 0 Å². The fourth-order valence-electron chi connectivity index (χ4n) is 4.23. The third-order valence-electron chi connectivity index (χ3n) is 5.54. The van der Waals surface area contributed by atoms with Crippen LogP contribution in [0.1, 0.15) is 47.1 Å². The molecule has 3 rings (SSSR count). The van der Waals surface area contributed by atoms with E-state index in [9.17, 15) is 13.7 Å². The van der Waals surface area contributed by atoms with E-state index in [4.69, 9.17) is 73.1 Å². The van der Waals surface area contributed by atoms with Gasteiger partial charge >= 0.3 is 61.0 Å². The van der Waals surface area contributed by atoms with Crippen molar-refractivity contribution in [1.29, 1.82) is 0 Å². The summed E-state index contributed by atoms with van der Waals surface area (Å²) in [6.45, 7) is 12.1. The molecule has 0 aliphatic rings. The van der Waals surface area contributed by atoms with Crippen LogP contribution in [-0.4, -0.2) is 60.8 Å². The molecule has 0 aliphatic heterocycles. The Morgan fingerprint density at radius 2 is 0.736 bits per heavy atom. The average Bonchev–Trinajstić information content (AvgIpc) is 3.01. The Bertz CT molecular complexity index is 1520. The van der Waals surface area contributed by atoms with Gasteiger partial charge in [0.2, 0.25) is 0 Å². The molecule has 0 saturated carbocycles. The number of hydrogen-bond acceptors (Lipinski definition) is 18. The second-order valence-electron chi connectivity index (χ2n) is 9.11. The van der Waals surface area contributed by atoms with E-state index in [0.29, 0.717) is 13.2 Å². The van der Waals surface area contributed by atoms with Crippen LogP contribution in [0.2, 0.25) is 0 Å². The van der Waals surface area contributed by atoms with Crippen LogP contribution < -0.4 is 0 Å². The molecular weight excluding hydrogens is 922 g/mol. The zero-order chi connectivity index (χ0) is 40.4. The molecule has 0 fully saturated rings. The molecule has 3 aromatic carbocycles. The molecular formula is C28H43DyN3O18P3. The third kappa shape index (κ3) is 25.3. The smallest absolute Gasteiger partial charge is 0.356 e. The van der Waals surface area contributed by atoms with Crippen LogP contribution in [0.25, 0.3) is 21.5 Å².